The normalized spacial score (nSPS) is 41.5. The lowest BCUT2D eigenvalue weighted by Gasteiger charge is -2.32. The SMILES string of the molecule is BrC[C@H]1CN[C@@](Br)(N2CCCC2)S1. The van der Waals surface area contributed by atoms with E-state index in [1.54, 1.807) is 0 Å². The summed E-state index contributed by atoms with van der Waals surface area (Å²) >= 11 is 9.34. The summed E-state index contributed by atoms with van der Waals surface area (Å²) in [5.74, 6) is 0. The van der Waals surface area contributed by atoms with Crippen molar-refractivity contribution < 1.29 is 0 Å². The Bertz CT molecular complexity index is 187. The van der Waals surface area contributed by atoms with E-state index in [-0.39, 0.29) is 3.90 Å². The number of alkyl halides is 2. The smallest absolute Gasteiger partial charge is 0.177 e. The molecule has 2 nitrogen and oxygen atoms in total. The van der Waals surface area contributed by atoms with Gasteiger partial charge in [-0.3, -0.25) is 10.2 Å². The first-order chi connectivity index (χ1) is 6.24. The van der Waals surface area contributed by atoms with Gasteiger partial charge >= 0.3 is 0 Å². The van der Waals surface area contributed by atoms with Gasteiger partial charge in [0.1, 0.15) is 0 Å². The molecule has 5 heteroatoms. The molecule has 2 aliphatic heterocycles. The lowest BCUT2D eigenvalue weighted by molar-refractivity contribution is 0.269. The van der Waals surface area contributed by atoms with Crippen LogP contribution in [0.5, 0.6) is 0 Å². The minimum absolute atomic E-state index is 0.0297. The zero-order chi connectivity index (χ0) is 9.31. The fourth-order valence-corrected chi connectivity index (χ4v) is 4.93. The Morgan fingerprint density at radius 1 is 1.46 bits per heavy atom. The molecule has 0 spiro atoms. The van der Waals surface area contributed by atoms with Gasteiger partial charge in [0, 0.05) is 30.2 Å². The maximum absolute atomic E-state index is 3.81. The highest BCUT2D eigenvalue weighted by Crippen LogP contribution is 2.42. The first kappa shape index (κ1) is 10.7. The Morgan fingerprint density at radius 3 is 2.69 bits per heavy atom. The highest BCUT2D eigenvalue weighted by molar-refractivity contribution is 9.12. The van der Waals surface area contributed by atoms with Gasteiger partial charge in [0.15, 0.2) is 3.90 Å². The fourth-order valence-electron chi connectivity index (χ4n) is 1.82. The van der Waals surface area contributed by atoms with E-state index in [1.807, 2.05) is 11.8 Å². The molecule has 2 rings (SSSR count). The van der Waals surface area contributed by atoms with Crippen molar-refractivity contribution in [1.82, 2.24) is 10.2 Å². The molecule has 2 atom stereocenters. The molecule has 0 unspecified atom stereocenters. The summed E-state index contributed by atoms with van der Waals surface area (Å²) in [5, 5.41) is 5.32. The molecule has 2 fully saturated rings. The summed E-state index contributed by atoms with van der Waals surface area (Å²) < 4.78 is 0.0297. The Hall–Kier alpha value is 1.23. The lowest BCUT2D eigenvalue weighted by atomic mass is 10.4. The largest absolute Gasteiger partial charge is 0.280 e. The number of likely N-dealkylation sites (tertiary alicyclic amines) is 1. The number of thioether (sulfide) groups is 1. The highest BCUT2D eigenvalue weighted by Gasteiger charge is 2.42. The second-order valence-corrected chi connectivity index (χ2v) is 7.34. The van der Waals surface area contributed by atoms with Crippen molar-refractivity contribution in [2.24, 2.45) is 0 Å². The second kappa shape index (κ2) is 4.39. The van der Waals surface area contributed by atoms with Crippen LogP contribution in [0.2, 0.25) is 0 Å². The summed E-state index contributed by atoms with van der Waals surface area (Å²) in [4.78, 5) is 2.50. The van der Waals surface area contributed by atoms with Crippen LogP contribution < -0.4 is 5.32 Å². The molecule has 13 heavy (non-hydrogen) atoms. The number of halogens is 2. The van der Waals surface area contributed by atoms with E-state index in [0.717, 1.165) is 11.9 Å². The van der Waals surface area contributed by atoms with Crippen molar-refractivity contribution >= 4 is 43.6 Å². The van der Waals surface area contributed by atoms with Crippen LogP contribution in [-0.2, 0) is 0 Å². The summed E-state index contributed by atoms with van der Waals surface area (Å²) in [5.41, 5.74) is 0. The van der Waals surface area contributed by atoms with Gasteiger partial charge in [-0.2, -0.15) is 0 Å². The Kier molecular flexibility index (Phi) is 3.63. The van der Waals surface area contributed by atoms with E-state index in [9.17, 15) is 0 Å². The number of hydrogen-bond acceptors (Lipinski definition) is 3. The minimum Gasteiger partial charge on any atom is -0.280 e. The van der Waals surface area contributed by atoms with Gasteiger partial charge in [-0.1, -0.05) is 15.9 Å². The summed E-state index contributed by atoms with van der Waals surface area (Å²) in [6.45, 7) is 3.54. The molecule has 2 aliphatic rings. The number of nitrogens with one attached hydrogen (secondary N) is 1. The molecule has 0 bridgehead atoms. The van der Waals surface area contributed by atoms with Crippen LogP contribution in [0.4, 0.5) is 0 Å². The van der Waals surface area contributed by atoms with Crippen molar-refractivity contribution in [3.8, 4) is 0 Å². The first-order valence-electron chi connectivity index (χ1n) is 4.67. The Labute approximate surface area is 100 Å². The quantitative estimate of drug-likeness (QED) is 0.617. The van der Waals surface area contributed by atoms with Crippen LogP contribution in [0.15, 0.2) is 0 Å². The van der Waals surface area contributed by atoms with E-state index < -0.39 is 0 Å². The van der Waals surface area contributed by atoms with E-state index in [1.165, 1.54) is 25.9 Å². The standard InChI is InChI=1S/C8H14Br2N2S/c9-5-7-6-11-8(10,13-7)12-3-1-2-4-12/h7,11H,1-6H2/t7-,8-/m0/s1. The minimum atomic E-state index is 0.0297. The molecular formula is C8H14Br2N2S. The van der Waals surface area contributed by atoms with E-state index >= 15 is 0 Å². The molecule has 2 heterocycles. The average molecular weight is 330 g/mol. The molecule has 0 aromatic heterocycles. The average Bonchev–Trinajstić information content (AvgIpc) is 2.72. The van der Waals surface area contributed by atoms with Crippen molar-refractivity contribution in [3.63, 3.8) is 0 Å². The predicted molar refractivity (Wildman–Crippen MR) is 65.6 cm³/mol. The van der Waals surface area contributed by atoms with E-state index in [4.69, 9.17) is 0 Å². The number of hydrogen-bond donors (Lipinski definition) is 1. The van der Waals surface area contributed by atoms with Gasteiger partial charge in [-0.25, -0.2) is 0 Å². The van der Waals surface area contributed by atoms with Crippen LogP contribution in [0.3, 0.4) is 0 Å². The predicted octanol–water partition coefficient (Wildman–Crippen LogP) is 2.19. The van der Waals surface area contributed by atoms with Crippen LogP contribution in [-0.4, -0.2) is 39.0 Å². The zero-order valence-corrected chi connectivity index (χ0v) is 11.4. The third-order valence-electron chi connectivity index (χ3n) is 2.56. The van der Waals surface area contributed by atoms with Crippen molar-refractivity contribution in [2.75, 3.05) is 25.0 Å². The third-order valence-corrected chi connectivity index (χ3v) is 6.49. The third kappa shape index (κ3) is 2.25. The van der Waals surface area contributed by atoms with Crippen LogP contribution in [0.1, 0.15) is 12.8 Å². The molecule has 0 saturated carbocycles. The van der Waals surface area contributed by atoms with Gasteiger partial charge in [0.25, 0.3) is 0 Å². The van der Waals surface area contributed by atoms with Crippen LogP contribution in [0.25, 0.3) is 0 Å². The van der Waals surface area contributed by atoms with Gasteiger partial charge in [0.05, 0.1) is 0 Å². The van der Waals surface area contributed by atoms with Crippen LogP contribution in [0, 0.1) is 0 Å². The molecule has 2 saturated heterocycles. The summed E-state index contributed by atoms with van der Waals surface area (Å²) in [7, 11) is 0. The van der Waals surface area contributed by atoms with Gasteiger partial charge in [0.2, 0.25) is 0 Å². The van der Waals surface area contributed by atoms with Crippen molar-refractivity contribution in [1.29, 1.82) is 0 Å². The first-order valence-corrected chi connectivity index (χ1v) is 7.47. The van der Waals surface area contributed by atoms with Gasteiger partial charge < -0.3 is 0 Å². The molecular weight excluding hydrogens is 316 g/mol. The topological polar surface area (TPSA) is 15.3 Å². The fraction of sp³-hybridized carbons (Fsp3) is 1.00. The Balaban J connectivity index is 1.96. The van der Waals surface area contributed by atoms with Crippen LogP contribution >= 0.6 is 43.6 Å². The molecule has 76 valence electrons. The number of rotatable bonds is 2. The second-order valence-electron chi connectivity index (χ2n) is 3.53. The van der Waals surface area contributed by atoms with Crippen molar-refractivity contribution in [3.05, 3.63) is 0 Å². The molecule has 0 aromatic rings. The zero-order valence-electron chi connectivity index (χ0n) is 7.43. The maximum atomic E-state index is 3.81. The van der Waals surface area contributed by atoms with E-state index in [0.29, 0.717) is 5.25 Å². The lowest BCUT2D eigenvalue weighted by Crippen LogP contribution is -2.46. The molecule has 0 aliphatic carbocycles. The van der Waals surface area contributed by atoms with Gasteiger partial charge in [-0.05, 0) is 28.8 Å². The molecule has 0 amide bonds. The number of nitrogens with zero attached hydrogens (tertiary/aromatic N) is 1. The van der Waals surface area contributed by atoms with Gasteiger partial charge in [-0.15, -0.1) is 11.8 Å². The highest BCUT2D eigenvalue weighted by atomic mass is 79.9. The summed E-state index contributed by atoms with van der Waals surface area (Å²) in [6.07, 6.45) is 2.68. The molecule has 0 radical (unpaired) electrons. The van der Waals surface area contributed by atoms with Crippen molar-refractivity contribution in [2.45, 2.75) is 22.0 Å². The monoisotopic (exact) mass is 328 g/mol. The molecule has 0 aromatic carbocycles. The molecule has 1 N–H and O–H groups in total. The Morgan fingerprint density at radius 2 is 2.15 bits per heavy atom. The summed E-state index contributed by atoms with van der Waals surface area (Å²) in [6, 6.07) is 0. The van der Waals surface area contributed by atoms with E-state index in [2.05, 4.69) is 42.1 Å². The maximum Gasteiger partial charge on any atom is 0.177 e.